The first kappa shape index (κ1) is 31.3. The number of carbonyl (C=O) groups excluding carboxylic acids is 3. The Kier molecular flexibility index (Phi) is 10.4. The van der Waals surface area contributed by atoms with Gasteiger partial charge in [-0.3, -0.25) is 14.4 Å². The summed E-state index contributed by atoms with van der Waals surface area (Å²) in [5.41, 5.74) is 2.38. The number of hydrogen-bond acceptors (Lipinski definition) is 4. The van der Waals surface area contributed by atoms with Gasteiger partial charge in [0.25, 0.3) is 11.8 Å². The van der Waals surface area contributed by atoms with E-state index in [4.69, 9.17) is 11.6 Å². The lowest BCUT2D eigenvalue weighted by Gasteiger charge is -2.18. The number of rotatable bonds is 10. The standard InChI is InChI=1S/C36H27ClFN3O3S/c37-27-15-9-10-24(22-27)23-32(41-34(42)26-13-5-2-6-14-26)35(43)39-28-18-20-29(21-19-28)45-33(25-11-3-1-4-12-25)36(44)40-31-17-8-7-16-30(31)38/h1-23,33H,(H,39,43)(H,40,44)(H,41,42)/b32-23-. The summed E-state index contributed by atoms with van der Waals surface area (Å²) in [7, 11) is 0. The van der Waals surface area contributed by atoms with E-state index in [9.17, 15) is 18.8 Å². The molecule has 0 bridgehead atoms. The molecule has 0 aliphatic rings. The average Bonchev–Trinajstić information content (AvgIpc) is 3.06. The topological polar surface area (TPSA) is 87.3 Å². The van der Waals surface area contributed by atoms with Crippen LogP contribution in [0, 0.1) is 5.82 Å². The molecule has 1 atom stereocenters. The van der Waals surface area contributed by atoms with E-state index in [1.165, 1.54) is 23.9 Å². The van der Waals surface area contributed by atoms with Gasteiger partial charge in [0.1, 0.15) is 16.8 Å². The maximum atomic E-state index is 14.3. The van der Waals surface area contributed by atoms with E-state index in [1.807, 2.05) is 30.3 Å². The molecule has 1 unspecified atom stereocenters. The van der Waals surface area contributed by atoms with Gasteiger partial charge >= 0.3 is 0 Å². The minimum Gasteiger partial charge on any atom is -0.322 e. The quantitative estimate of drug-likeness (QED) is 0.106. The Morgan fingerprint density at radius 1 is 0.733 bits per heavy atom. The van der Waals surface area contributed by atoms with Crippen LogP contribution in [0.1, 0.15) is 26.7 Å². The Labute approximate surface area is 269 Å². The predicted octanol–water partition coefficient (Wildman–Crippen LogP) is 8.36. The minimum atomic E-state index is -0.674. The number of benzene rings is 5. The first-order chi connectivity index (χ1) is 21.9. The van der Waals surface area contributed by atoms with Crippen molar-refractivity contribution in [1.29, 1.82) is 0 Å². The molecule has 45 heavy (non-hydrogen) atoms. The third-order valence-electron chi connectivity index (χ3n) is 6.53. The van der Waals surface area contributed by atoms with Gasteiger partial charge in [0.05, 0.1) is 5.69 Å². The first-order valence-electron chi connectivity index (χ1n) is 13.9. The van der Waals surface area contributed by atoms with Crippen molar-refractivity contribution in [2.24, 2.45) is 0 Å². The van der Waals surface area contributed by atoms with Crippen molar-refractivity contribution in [3.05, 3.63) is 167 Å². The Morgan fingerprint density at radius 2 is 1.40 bits per heavy atom. The zero-order valence-corrected chi connectivity index (χ0v) is 25.3. The molecule has 0 radical (unpaired) electrons. The molecule has 6 nitrogen and oxygen atoms in total. The number of halogens is 2. The Balaban J connectivity index is 1.33. The molecule has 0 heterocycles. The molecule has 9 heteroatoms. The van der Waals surface area contributed by atoms with Crippen LogP contribution in [0.5, 0.6) is 0 Å². The molecule has 224 valence electrons. The highest BCUT2D eigenvalue weighted by molar-refractivity contribution is 8.00. The number of anilines is 2. The normalized spacial score (nSPS) is 11.7. The molecule has 0 saturated heterocycles. The second-order valence-electron chi connectivity index (χ2n) is 9.79. The van der Waals surface area contributed by atoms with Gasteiger partial charge in [0.2, 0.25) is 5.91 Å². The van der Waals surface area contributed by atoms with Gasteiger partial charge in [-0.15, -0.1) is 11.8 Å². The summed E-state index contributed by atoms with van der Waals surface area (Å²) in [6.07, 6.45) is 1.55. The third-order valence-corrected chi connectivity index (χ3v) is 8.03. The first-order valence-corrected chi connectivity index (χ1v) is 15.1. The van der Waals surface area contributed by atoms with E-state index < -0.39 is 22.9 Å². The summed E-state index contributed by atoms with van der Waals surface area (Å²) in [4.78, 5) is 40.4. The predicted molar refractivity (Wildman–Crippen MR) is 178 cm³/mol. The van der Waals surface area contributed by atoms with Crippen LogP contribution in [0.2, 0.25) is 5.02 Å². The van der Waals surface area contributed by atoms with E-state index in [1.54, 1.807) is 97.1 Å². The minimum absolute atomic E-state index is 0.0264. The van der Waals surface area contributed by atoms with Crippen molar-refractivity contribution in [3.8, 4) is 0 Å². The highest BCUT2D eigenvalue weighted by atomic mass is 35.5. The van der Waals surface area contributed by atoms with E-state index >= 15 is 0 Å². The van der Waals surface area contributed by atoms with Gasteiger partial charge in [-0.05, 0) is 77.9 Å². The zero-order valence-electron chi connectivity index (χ0n) is 23.7. The highest BCUT2D eigenvalue weighted by Crippen LogP contribution is 2.37. The van der Waals surface area contributed by atoms with Crippen LogP contribution in [0.15, 0.2) is 144 Å². The summed E-state index contributed by atoms with van der Waals surface area (Å²) < 4.78 is 14.3. The van der Waals surface area contributed by atoms with Crippen molar-refractivity contribution in [3.63, 3.8) is 0 Å². The molecule has 3 N–H and O–H groups in total. The highest BCUT2D eigenvalue weighted by Gasteiger charge is 2.23. The Hall–Kier alpha value is -5.18. The van der Waals surface area contributed by atoms with Gasteiger partial charge in [0, 0.05) is 21.2 Å². The lowest BCUT2D eigenvalue weighted by Crippen LogP contribution is -2.30. The van der Waals surface area contributed by atoms with E-state index in [0.717, 1.165) is 10.5 Å². The fourth-order valence-electron chi connectivity index (χ4n) is 4.32. The Morgan fingerprint density at radius 3 is 2.09 bits per heavy atom. The molecule has 0 spiro atoms. The molecule has 0 aliphatic carbocycles. The van der Waals surface area contributed by atoms with Crippen molar-refractivity contribution in [2.75, 3.05) is 10.6 Å². The number of thioether (sulfide) groups is 1. The second kappa shape index (κ2) is 15.0. The number of para-hydroxylation sites is 1. The van der Waals surface area contributed by atoms with Crippen molar-refractivity contribution < 1.29 is 18.8 Å². The Bertz CT molecular complexity index is 1830. The van der Waals surface area contributed by atoms with Crippen molar-refractivity contribution in [1.82, 2.24) is 5.32 Å². The second-order valence-corrected chi connectivity index (χ2v) is 11.4. The van der Waals surface area contributed by atoms with Gasteiger partial charge < -0.3 is 16.0 Å². The maximum absolute atomic E-state index is 14.3. The largest absolute Gasteiger partial charge is 0.322 e. The van der Waals surface area contributed by atoms with Crippen molar-refractivity contribution in [2.45, 2.75) is 10.1 Å². The molecule has 5 aromatic carbocycles. The zero-order chi connectivity index (χ0) is 31.6. The smallest absolute Gasteiger partial charge is 0.272 e. The summed E-state index contributed by atoms with van der Waals surface area (Å²) in [6, 6.07) is 37.7. The number of amides is 3. The van der Waals surface area contributed by atoms with Gasteiger partial charge in [-0.2, -0.15) is 0 Å². The maximum Gasteiger partial charge on any atom is 0.272 e. The summed E-state index contributed by atoms with van der Waals surface area (Å²) in [5, 5.41) is 8.03. The number of carbonyl (C=O) groups is 3. The number of hydrogen-bond donors (Lipinski definition) is 3. The third kappa shape index (κ3) is 8.69. The molecule has 0 fully saturated rings. The number of nitrogens with one attached hydrogen (secondary N) is 3. The van der Waals surface area contributed by atoms with Gasteiger partial charge in [-0.25, -0.2) is 4.39 Å². The molecule has 5 aromatic rings. The molecule has 0 saturated carbocycles. The van der Waals surface area contributed by atoms with Gasteiger partial charge in [0.15, 0.2) is 0 Å². The monoisotopic (exact) mass is 635 g/mol. The van der Waals surface area contributed by atoms with Crippen molar-refractivity contribution >= 4 is 58.5 Å². The molecule has 3 amide bonds. The van der Waals surface area contributed by atoms with Crippen LogP contribution in [0.4, 0.5) is 15.8 Å². The fourth-order valence-corrected chi connectivity index (χ4v) is 5.54. The molecular weight excluding hydrogens is 609 g/mol. The molecule has 0 aromatic heterocycles. The average molecular weight is 636 g/mol. The van der Waals surface area contributed by atoms with Crippen LogP contribution in [-0.2, 0) is 9.59 Å². The van der Waals surface area contributed by atoms with Crippen LogP contribution in [0.25, 0.3) is 6.08 Å². The van der Waals surface area contributed by atoms with Crippen LogP contribution < -0.4 is 16.0 Å². The summed E-state index contributed by atoms with van der Waals surface area (Å²) >= 11 is 7.43. The van der Waals surface area contributed by atoms with Crippen LogP contribution in [0.3, 0.4) is 0 Å². The van der Waals surface area contributed by atoms with Gasteiger partial charge in [-0.1, -0.05) is 84.4 Å². The summed E-state index contributed by atoms with van der Waals surface area (Å²) in [5.74, 6) is -1.87. The van der Waals surface area contributed by atoms with E-state index in [2.05, 4.69) is 16.0 Å². The fraction of sp³-hybridized carbons (Fsp3) is 0.0278. The van der Waals surface area contributed by atoms with Crippen LogP contribution >= 0.6 is 23.4 Å². The molecule has 5 rings (SSSR count). The lowest BCUT2D eigenvalue weighted by molar-refractivity contribution is -0.116. The van der Waals surface area contributed by atoms with Crippen LogP contribution in [-0.4, -0.2) is 17.7 Å². The van der Waals surface area contributed by atoms with E-state index in [-0.39, 0.29) is 17.3 Å². The lowest BCUT2D eigenvalue weighted by atomic mass is 10.1. The molecular formula is C36H27ClFN3O3S. The van der Waals surface area contributed by atoms with E-state index in [0.29, 0.717) is 21.8 Å². The molecule has 0 aliphatic heterocycles. The summed E-state index contributed by atoms with van der Waals surface area (Å²) in [6.45, 7) is 0. The SMILES string of the molecule is O=C(Nc1ccc(SC(C(=O)Nc2ccccc2F)c2ccccc2)cc1)/C(=C/c1cccc(Cl)c1)NC(=O)c1ccccc1.